The minimum absolute atomic E-state index is 0.156. The molecule has 3 rings (SSSR count). The standard InChI is InChI=1S/C21H21N3O2S/c1-13-5-6-14(2)16(10-13)11-17-15(12-22)7-8-18-20(17)24-21(23-18)27-9-3-4-19(25)26/h5-8,10H,3-4,9,11H2,1-2H3,(H,23,24)(H,25,26). The average Bonchev–Trinajstić information content (AvgIpc) is 3.05. The van der Waals surface area contributed by atoms with E-state index in [4.69, 9.17) is 10.1 Å². The molecule has 0 atom stereocenters. The summed E-state index contributed by atoms with van der Waals surface area (Å²) in [7, 11) is 0. The van der Waals surface area contributed by atoms with Crippen molar-refractivity contribution in [2.75, 3.05) is 5.75 Å². The van der Waals surface area contributed by atoms with E-state index in [-0.39, 0.29) is 6.42 Å². The first-order chi connectivity index (χ1) is 13.0. The monoisotopic (exact) mass is 379 g/mol. The molecule has 0 saturated carbocycles. The predicted octanol–water partition coefficient (Wildman–Crippen LogP) is 4.60. The van der Waals surface area contributed by atoms with Crippen LogP contribution >= 0.6 is 11.8 Å². The first-order valence-corrected chi connectivity index (χ1v) is 9.79. The Morgan fingerprint density at radius 1 is 1.30 bits per heavy atom. The lowest BCUT2D eigenvalue weighted by molar-refractivity contribution is -0.137. The minimum atomic E-state index is -0.783. The zero-order chi connectivity index (χ0) is 19.4. The second-order valence-electron chi connectivity index (χ2n) is 6.59. The Bertz CT molecular complexity index is 1030. The molecule has 0 radical (unpaired) electrons. The third kappa shape index (κ3) is 4.50. The van der Waals surface area contributed by atoms with Crippen LogP contribution in [0.25, 0.3) is 11.0 Å². The maximum Gasteiger partial charge on any atom is 0.303 e. The van der Waals surface area contributed by atoms with Gasteiger partial charge in [0.1, 0.15) is 0 Å². The molecule has 0 spiro atoms. The van der Waals surface area contributed by atoms with Crippen LogP contribution in [0, 0.1) is 25.2 Å². The summed E-state index contributed by atoms with van der Waals surface area (Å²) in [4.78, 5) is 18.6. The zero-order valence-corrected chi connectivity index (χ0v) is 16.2. The van der Waals surface area contributed by atoms with Gasteiger partial charge in [-0.25, -0.2) is 4.98 Å². The second-order valence-corrected chi connectivity index (χ2v) is 7.68. The number of nitrogens with one attached hydrogen (secondary N) is 1. The van der Waals surface area contributed by atoms with Crippen LogP contribution < -0.4 is 0 Å². The van der Waals surface area contributed by atoms with Crippen molar-refractivity contribution in [1.29, 1.82) is 5.26 Å². The molecule has 1 heterocycles. The summed E-state index contributed by atoms with van der Waals surface area (Å²) in [5.41, 5.74) is 6.86. The number of aliphatic carboxylic acids is 1. The summed E-state index contributed by atoms with van der Waals surface area (Å²) in [5.74, 6) is -0.0986. The van der Waals surface area contributed by atoms with Gasteiger partial charge in [0.15, 0.2) is 5.16 Å². The number of H-pyrrole nitrogens is 1. The summed E-state index contributed by atoms with van der Waals surface area (Å²) in [6, 6.07) is 12.4. The van der Waals surface area contributed by atoms with Gasteiger partial charge in [-0.2, -0.15) is 5.26 Å². The fourth-order valence-corrected chi connectivity index (χ4v) is 3.86. The Morgan fingerprint density at radius 3 is 2.85 bits per heavy atom. The number of aromatic amines is 1. The Labute approximate surface area is 162 Å². The fraction of sp³-hybridized carbons (Fsp3) is 0.286. The van der Waals surface area contributed by atoms with Crippen molar-refractivity contribution in [3.63, 3.8) is 0 Å². The zero-order valence-electron chi connectivity index (χ0n) is 15.4. The van der Waals surface area contributed by atoms with Gasteiger partial charge in [-0.1, -0.05) is 35.5 Å². The fourth-order valence-electron chi connectivity index (χ4n) is 3.04. The summed E-state index contributed by atoms with van der Waals surface area (Å²) in [6.07, 6.45) is 1.40. The molecule has 2 aromatic carbocycles. The molecule has 5 nitrogen and oxygen atoms in total. The number of aromatic nitrogens is 2. The predicted molar refractivity (Wildman–Crippen MR) is 107 cm³/mol. The van der Waals surface area contributed by atoms with Crippen molar-refractivity contribution < 1.29 is 9.90 Å². The topological polar surface area (TPSA) is 89.8 Å². The molecule has 0 aliphatic heterocycles. The summed E-state index contributed by atoms with van der Waals surface area (Å²) >= 11 is 1.51. The smallest absolute Gasteiger partial charge is 0.303 e. The number of fused-ring (bicyclic) bond motifs is 1. The van der Waals surface area contributed by atoms with Gasteiger partial charge in [-0.05, 0) is 43.5 Å². The van der Waals surface area contributed by atoms with E-state index >= 15 is 0 Å². The van der Waals surface area contributed by atoms with E-state index in [9.17, 15) is 10.1 Å². The molecule has 0 fully saturated rings. The van der Waals surface area contributed by atoms with E-state index in [1.54, 1.807) is 0 Å². The third-order valence-electron chi connectivity index (χ3n) is 4.50. The first kappa shape index (κ1) is 19.0. The van der Waals surface area contributed by atoms with Crippen molar-refractivity contribution in [2.45, 2.75) is 38.3 Å². The van der Waals surface area contributed by atoms with E-state index in [0.29, 0.717) is 24.2 Å². The van der Waals surface area contributed by atoms with Gasteiger partial charge >= 0.3 is 5.97 Å². The van der Waals surface area contributed by atoms with Crippen LogP contribution in [0.15, 0.2) is 35.5 Å². The highest BCUT2D eigenvalue weighted by molar-refractivity contribution is 7.99. The van der Waals surface area contributed by atoms with Crippen molar-refractivity contribution in [2.24, 2.45) is 0 Å². The van der Waals surface area contributed by atoms with Crippen molar-refractivity contribution in [3.8, 4) is 6.07 Å². The van der Waals surface area contributed by atoms with Gasteiger partial charge in [0.05, 0.1) is 22.7 Å². The van der Waals surface area contributed by atoms with Crippen LogP contribution in [0.4, 0.5) is 0 Å². The van der Waals surface area contributed by atoms with Crippen LogP contribution in [0.5, 0.6) is 0 Å². The molecule has 0 aliphatic carbocycles. The van der Waals surface area contributed by atoms with E-state index in [1.165, 1.54) is 28.5 Å². The van der Waals surface area contributed by atoms with Gasteiger partial charge in [0, 0.05) is 24.2 Å². The highest BCUT2D eigenvalue weighted by Gasteiger charge is 2.14. The summed E-state index contributed by atoms with van der Waals surface area (Å²) < 4.78 is 0. The average molecular weight is 379 g/mol. The number of aryl methyl sites for hydroxylation is 2. The Hall–Kier alpha value is -2.78. The highest BCUT2D eigenvalue weighted by atomic mass is 32.2. The van der Waals surface area contributed by atoms with Crippen LogP contribution in [0.2, 0.25) is 0 Å². The normalized spacial score (nSPS) is 10.9. The molecule has 1 aromatic heterocycles. The summed E-state index contributed by atoms with van der Waals surface area (Å²) in [5, 5.41) is 19.1. The van der Waals surface area contributed by atoms with Crippen LogP contribution in [0.1, 0.15) is 40.7 Å². The van der Waals surface area contributed by atoms with E-state index in [2.05, 4.69) is 43.1 Å². The molecule has 0 aliphatic rings. The van der Waals surface area contributed by atoms with Crippen LogP contribution in [-0.2, 0) is 11.2 Å². The Morgan fingerprint density at radius 2 is 2.11 bits per heavy atom. The molecule has 6 heteroatoms. The molecule has 138 valence electrons. The quantitative estimate of drug-likeness (QED) is 0.462. The van der Waals surface area contributed by atoms with Crippen LogP contribution in [0.3, 0.4) is 0 Å². The number of rotatable bonds is 7. The number of hydrogen-bond donors (Lipinski definition) is 2. The molecule has 3 aromatic rings. The molecule has 0 amide bonds. The number of carboxylic acids is 1. The van der Waals surface area contributed by atoms with Crippen molar-refractivity contribution in [1.82, 2.24) is 9.97 Å². The second kappa shape index (κ2) is 8.28. The number of benzene rings is 2. The van der Waals surface area contributed by atoms with E-state index in [0.717, 1.165) is 21.8 Å². The van der Waals surface area contributed by atoms with E-state index in [1.807, 2.05) is 12.1 Å². The van der Waals surface area contributed by atoms with E-state index < -0.39 is 5.97 Å². The molecule has 0 unspecified atom stereocenters. The van der Waals surface area contributed by atoms with Gasteiger partial charge in [-0.3, -0.25) is 4.79 Å². The maximum absolute atomic E-state index is 10.6. The SMILES string of the molecule is Cc1ccc(C)c(Cc2c(C#N)ccc3[nH]c(SCCCC(=O)O)nc23)c1. The lowest BCUT2D eigenvalue weighted by atomic mass is 9.95. The summed E-state index contributed by atoms with van der Waals surface area (Å²) in [6.45, 7) is 4.14. The molecular formula is C21H21N3O2S. The molecule has 27 heavy (non-hydrogen) atoms. The van der Waals surface area contributed by atoms with Gasteiger partial charge in [-0.15, -0.1) is 0 Å². The van der Waals surface area contributed by atoms with Crippen LogP contribution in [-0.4, -0.2) is 26.8 Å². The third-order valence-corrected chi connectivity index (χ3v) is 5.46. The number of imidazole rings is 1. The van der Waals surface area contributed by atoms with Gasteiger partial charge in [0.2, 0.25) is 0 Å². The lowest BCUT2D eigenvalue weighted by Gasteiger charge is -2.09. The molecule has 2 N–H and O–H groups in total. The molecule has 0 bridgehead atoms. The Balaban J connectivity index is 1.92. The largest absolute Gasteiger partial charge is 0.481 e. The van der Waals surface area contributed by atoms with Crippen molar-refractivity contribution >= 4 is 28.8 Å². The maximum atomic E-state index is 10.6. The van der Waals surface area contributed by atoms with Gasteiger partial charge in [0.25, 0.3) is 0 Å². The molecule has 0 saturated heterocycles. The lowest BCUT2D eigenvalue weighted by Crippen LogP contribution is -1.97. The van der Waals surface area contributed by atoms with Gasteiger partial charge < -0.3 is 10.1 Å². The number of carbonyl (C=O) groups is 1. The number of hydrogen-bond acceptors (Lipinski definition) is 4. The highest BCUT2D eigenvalue weighted by Crippen LogP contribution is 2.28. The number of thioether (sulfide) groups is 1. The number of carboxylic acid groups (broad SMARTS) is 1. The van der Waals surface area contributed by atoms with Crippen molar-refractivity contribution in [3.05, 3.63) is 58.1 Å². The number of nitrogens with zero attached hydrogens (tertiary/aromatic N) is 2. The minimum Gasteiger partial charge on any atom is -0.481 e. The Kier molecular flexibility index (Phi) is 5.82. The number of nitriles is 1. The molecular weight excluding hydrogens is 358 g/mol. The first-order valence-electron chi connectivity index (χ1n) is 8.80.